The fourth-order valence-electron chi connectivity index (χ4n) is 3.81. The van der Waals surface area contributed by atoms with E-state index >= 15 is 0 Å². The summed E-state index contributed by atoms with van der Waals surface area (Å²) in [6, 6.07) is 21.8. The first kappa shape index (κ1) is 25.0. The highest BCUT2D eigenvalue weighted by Crippen LogP contribution is 2.30. The second kappa shape index (κ2) is 11.2. The lowest BCUT2D eigenvalue weighted by Crippen LogP contribution is -2.23. The van der Waals surface area contributed by atoms with Crippen LogP contribution in [-0.4, -0.2) is 37.8 Å². The molecule has 0 aliphatic rings. The molecule has 38 heavy (non-hydrogen) atoms. The van der Waals surface area contributed by atoms with Gasteiger partial charge in [0, 0.05) is 29.3 Å². The van der Waals surface area contributed by atoms with Crippen molar-refractivity contribution < 1.29 is 14.3 Å². The lowest BCUT2D eigenvalue weighted by atomic mass is 10.1. The van der Waals surface area contributed by atoms with Crippen LogP contribution in [0.4, 0.5) is 11.6 Å². The van der Waals surface area contributed by atoms with Gasteiger partial charge in [-0.25, -0.2) is 14.6 Å². The number of aliphatic hydroxyl groups excluding tert-OH is 1. The molecule has 0 bridgehead atoms. The zero-order chi connectivity index (χ0) is 26.5. The molecule has 5 aromatic rings. The molecular weight excluding hydrogens is 506 g/mol. The van der Waals surface area contributed by atoms with E-state index in [0.29, 0.717) is 27.9 Å². The Bertz CT molecular complexity index is 1540. The van der Waals surface area contributed by atoms with Gasteiger partial charge in [-0.3, -0.25) is 4.79 Å². The Labute approximate surface area is 223 Å². The molecular formula is C27H24ClN7O3. The number of carbonyl (C=O) groups excluding carboxylic acids is 1. The van der Waals surface area contributed by atoms with Crippen LogP contribution < -0.4 is 16.0 Å². The number of rotatable bonds is 9. The third-order valence-corrected chi connectivity index (χ3v) is 6.07. The summed E-state index contributed by atoms with van der Waals surface area (Å²) in [7, 11) is 1.80. The van der Waals surface area contributed by atoms with Gasteiger partial charge in [-0.1, -0.05) is 41.9 Å². The van der Waals surface area contributed by atoms with E-state index in [2.05, 4.69) is 31.0 Å². The topological polar surface area (TPSA) is 130 Å². The van der Waals surface area contributed by atoms with Crippen LogP contribution in [0.15, 0.2) is 89.8 Å². The van der Waals surface area contributed by atoms with Crippen molar-refractivity contribution in [3.8, 4) is 16.9 Å². The summed E-state index contributed by atoms with van der Waals surface area (Å²) in [5, 5.41) is 24.8. The van der Waals surface area contributed by atoms with Crippen molar-refractivity contribution >= 4 is 29.1 Å². The zero-order valence-electron chi connectivity index (χ0n) is 20.3. The van der Waals surface area contributed by atoms with E-state index in [9.17, 15) is 9.90 Å². The third kappa shape index (κ3) is 5.51. The summed E-state index contributed by atoms with van der Waals surface area (Å²) >= 11 is 6.47. The number of pyridine rings is 1. The van der Waals surface area contributed by atoms with Crippen molar-refractivity contribution in [1.82, 2.24) is 25.1 Å². The standard InChI is InChI=1S/C27H24ClN7O3/c1-29-24-9-5-8-22(32-24)17-10-11-21(28)20(12-17)26(36)33-25-13-23(27(37)31-15-19-14-30-16-38-19)34-35(25)18-6-3-2-4-7-18/h2-14,16,26,33,36H,15H2,1H3,(H,29,32)(H,31,37). The van der Waals surface area contributed by atoms with Crippen molar-refractivity contribution in [1.29, 1.82) is 0 Å². The van der Waals surface area contributed by atoms with Gasteiger partial charge in [0.2, 0.25) is 0 Å². The molecule has 11 heteroatoms. The largest absolute Gasteiger partial charge is 0.447 e. The van der Waals surface area contributed by atoms with Gasteiger partial charge in [0.25, 0.3) is 5.91 Å². The molecule has 3 heterocycles. The van der Waals surface area contributed by atoms with E-state index in [4.69, 9.17) is 16.0 Å². The minimum absolute atomic E-state index is 0.149. The summed E-state index contributed by atoms with van der Waals surface area (Å²) in [4.78, 5) is 21.2. The molecule has 3 aromatic heterocycles. The maximum atomic E-state index is 12.8. The van der Waals surface area contributed by atoms with E-state index < -0.39 is 12.1 Å². The molecule has 0 saturated carbocycles. The van der Waals surface area contributed by atoms with E-state index in [-0.39, 0.29) is 12.2 Å². The maximum absolute atomic E-state index is 12.8. The third-order valence-electron chi connectivity index (χ3n) is 5.73. The number of halogens is 1. The summed E-state index contributed by atoms with van der Waals surface area (Å²) in [5.41, 5.74) is 2.80. The first-order valence-corrected chi connectivity index (χ1v) is 12.1. The van der Waals surface area contributed by atoms with Crippen LogP contribution in [0.2, 0.25) is 5.02 Å². The van der Waals surface area contributed by atoms with E-state index in [1.165, 1.54) is 12.6 Å². The van der Waals surface area contributed by atoms with Crippen LogP contribution in [0.5, 0.6) is 0 Å². The number of nitrogens with one attached hydrogen (secondary N) is 3. The minimum Gasteiger partial charge on any atom is -0.447 e. The molecule has 0 radical (unpaired) electrons. The fraction of sp³-hybridized carbons (Fsp3) is 0.111. The first-order chi connectivity index (χ1) is 18.5. The zero-order valence-corrected chi connectivity index (χ0v) is 21.1. The molecule has 0 saturated heterocycles. The Balaban J connectivity index is 1.43. The number of aromatic nitrogens is 4. The van der Waals surface area contributed by atoms with E-state index in [1.807, 2.05) is 54.6 Å². The molecule has 1 amide bonds. The quantitative estimate of drug-likeness (QED) is 0.203. The summed E-state index contributed by atoms with van der Waals surface area (Å²) < 4.78 is 6.71. The predicted octanol–water partition coefficient (Wildman–Crippen LogP) is 4.65. The van der Waals surface area contributed by atoms with Gasteiger partial charge in [-0.05, 0) is 36.4 Å². The number of carbonyl (C=O) groups is 1. The lowest BCUT2D eigenvalue weighted by Gasteiger charge is -2.18. The van der Waals surface area contributed by atoms with Crippen molar-refractivity contribution in [2.75, 3.05) is 17.7 Å². The number of hydrogen-bond donors (Lipinski definition) is 4. The lowest BCUT2D eigenvalue weighted by molar-refractivity contribution is 0.0942. The van der Waals surface area contributed by atoms with Gasteiger partial charge >= 0.3 is 0 Å². The minimum atomic E-state index is -1.21. The molecule has 1 unspecified atom stereocenters. The fourth-order valence-corrected chi connectivity index (χ4v) is 4.03. The number of amides is 1. The Kier molecular flexibility index (Phi) is 7.34. The average Bonchev–Trinajstić information content (AvgIpc) is 3.63. The van der Waals surface area contributed by atoms with Gasteiger partial charge in [-0.2, -0.15) is 5.10 Å². The van der Waals surface area contributed by atoms with Crippen LogP contribution in [-0.2, 0) is 6.54 Å². The Hall–Kier alpha value is -4.67. The van der Waals surface area contributed by atoms with Crippen LogP contribution >= 0.6 is 11.6 Å². The van der Waals surface area contributed by atoms with Gasteiger partial charge in [0.15, 0.2) is 18.3 Å². The smallest absolute Gasteiger partial charge is 0.272 e. The molecule has 1 atom stereocenters. The Morgan fingerprint density at radius 3 is 2.71 bits per heavy atom. The number of oxazole rings is 1. The van der Waals surface area contributed by atoms with E-state index in [1.54, 1.807) is 29.9 Å². The molecule has 192 valence electrons. The van der Waals surface area contributed by atoms with Gasteiger partial charge in [-0.15, -0.1) is 0 Å². The highest BCUT2D eigenvalue weighted by Gasteiger charge is 2.20. The maximum Gasteiger partial charge on any atom is 0.272 e. The second-order valence-electron chi connectivity index (χ2n) is 8.25. The summed E-state index contributed by atoms with van der Waals surface area (Å²) in [6.07, 6.45) is 1.61. The number of aliphatic hydroxyl groups is 1. The number of anilines is 2. The molecule has 0 spiro atoms. The monoisotopic (exact) mass is 529 g/mol. The molecule has 10 nitrogen and oxygen atoms in total. The Morgan fingerprint density at radius 1 is 1.11 bits per heavy atom. The molecule has 5 rings (SSSR count). The van der Waals surface area contributed by atoms with Crippen molar-refractivity contribution in [3.63, 3.8) is 0 Å². The van der Waals surface area contributed by atoms with Gasteiger partial charge < -0.3 is 25.5 Å². The number of hydrogen-bond acceptors (Lipinski definition) is 8. The van der Waals surface area contributed by atoms with Gasteiger partial charge in [0.1, 0.15) is 17.4 Å². The van der Waals surface area contributed by atoms with Crippen LogP contribution in [0.25, 0.3) is 16.9 Å². The van der Waals surface area contributed by atoms with Crippen molar-refractivity contribution in [2.24, 2.45) is 0 Å². The highest BCUT2D eigenvalue weighted by atomic mass is 35.5. The molecule has 4 N–H and O–H groups in total. The van der Waals surface area contributed by atoms with Crippen LogP contribution in [0, 0.1) is 0 Å². The van der Waals surface area contributed by atoms with Crippen molar-refractivity contribution in [2.45, 2.75) is 12.8 Å². The van der Waals surface area contributed by atoms with Gasteiger partial charge in [0.05, 0.1) is 24.1 Å². The van der Waals surface area contributed by atoms with Crippen molar-refractivity contribution in [3.05, 3.63) is 107 Å². The van der Waals surface area contributed by atoms with Crippen LogP contribution in [0.3, 0.4) is 0 Å². The first-order valence-electron chi connectivity index (χ1n) is 11.7. The summed E-state index contributed by atoms with van der Waals surface area (Å²) in [6.45, 7) is 0.160. The second-order valence-corrected chi connectivity index (χ2v) is 8.66. The predicted molar refractivity (Wildman–Crippen MR) is 144 cm³/mol. The SMILES string of the molecule is CNc1cccc(-c2ccc(Cl)c(C(O)Nc3cc(C(=O)NCc4cnco4)nn3-c3ccccc3)c2)n1. The highest BCUT2D eigenvalue weighted by molar-refractivity contribution is 6.31. The number of para-hydroxylation sites is 1. The molecule has 0 aliphatic carbocycles. The number of nitrogens with zero attached hydrogens (tertiary/aromatic N) is 4. The van der Waals surface area contributed by atoms with E-state index in [0.717, 1.165) is 17.1 Å². The normalized spacial score (nSPS) is 11.7. The molecule has 2 aromatic carbocycles. The summed E-state index contributed by atoms with van der Waals surface area (Å²) in [5.74, 6) is 1.21. The molecule has 0 fully saturated rings. The average molecular weight is 530 g/mol. The van der Waals surface area contributed by atoms with Crippen LogP contribution in [0.1, 0.15) is 28.0 Å². The number of benzene rings is 2. The Morgan fingerprint density at radius 2 is 1.95 bits per heavy atom. The molecule has 0 aliphatic heterocycles.